The van der Waals surface area contributed by atoms with Crippen molar-refractivity contribution in [2.24, 2.45) is 0 Å². The SMILES string of the molecule is CCCCC/C=C\C/C=C\C/C=C\CCCCCCCCCCC(=O)OCC(O)COP(=O)(O)OCC(NC(=O)CCCCCCC/C=C\C/C=C\CCCCCC)C(=O)O. The number of phosphoric acid groups is 1. The van der Waals surface area contributed by atoms with Crippen molar-refractivity contribution >= 4 is 25.7 Å². The zero-order valence-corrected chi connectivity index (χ0v) is 39.1. The van der Waals surface area contributed by atoms with Crippen molar-refractivity contribution < 1.29 is 47.8 Å². The summed E-state index contributed by atoms with van der Waals surface area (Å²) >= 11 is 0. The first-order valence-corrected chi connectivity index (χ1v) is 25.3. The molecule has 0 saturated heterocycles. The lowest BCUT2D eigenvalue weighted by atomic mass is 10.1. The van der Waals surface area contributed by atoms with E-state index in [1.807, 2.05) is 0 Å². The molecule has 0 aromatic heterocycles. The Kier molecular flexibility index (Phi) is 41.8. The van der Waals surface area contributed by atoms with Crippen LogP contribution in [0.3, 0.4) is 0 Å². The summed E-state index contributed by atoms with van der Waals surface area (Å²) in [5.74, 6) is -2.40. The lowest BCUT2D eigenvalue weighted by Crippen LogP contribution is -2.43. The Bertz CT molecular complexity index is 1260. The van der Waals surface area contributed by atoms with Crippen LogP contribution < -0.4 is 5.32 Å². The van der Waals surface area contributed by atoms with Crippen molar-refractivity contribution in [3.8, 4) is 0 Å². The number of allylic oxidation sites excluding steroid dienone is 10. The number of amides is 1. The number of nitrogens with one attached hydrogen (secondary N) is 1. The maximum atomic E-state index is 12.3. The first-order chi connectivity index (χ1) is 29.6. The van der Waals surface area contributed by atoms with E-state index in [0.29, 0.717) is 12.8 Å². The summed E-state index contributed by atoms with van der Waals surface area (Å²) in [6.45, 7) is 2.54. The Labute approximate surface area is 370 Å². The molecule has 11 nitrogen and oxygen atoms in total. The molecule has 4 N–H and O–H groups in total. The number of phosphoric ester groups is 1. The second-order valence-corrected chi connectivity index (χ2v) is 17.4. The Morgan fingerprint density at radius 2 is 0.902 bits per heavy atom. The highest BCUT2D eigenvalue weighted by atomic mass is 31.2. The van der Waals surface area contributed by atoms with Crippen LogP contribution in [-0.4, -0.2) is 64.9 Å². The average molecular weight is 880 g/mol. The summed E-state index contributed by atoms with van der Waals surface area (Å²) in [5, 5.41) is 21.9. The van der Waals surface area contributed by atoms with Crippen LogP contribution in [0.4, 0.5) is 0 Å². The fourth-order valence-corrected chi connectivity index (χ4v) is 7.07. The first-order valence-electron chi connectivity index (χ1n) is 23.8. The number of esters is 1. The number of carboxylic acids is 1. The van der Waals surface area contributed by atoms with Crippen molar-refractivity contribution in [3.05, 3.63) is 60.8 Å². The van der Waals surface area contributed by atoms with Crippen LogP contribution in [0.2, 0.25) is 0 Å². The number of ether oxygens (including phenoxy) is 1. The maximum absolute atomic E-state index is 12.3. The fourth-order valence-electron chi connectivity index (χ4n) is 6.29. The number of aliphatic hydroxyl groups is 1. The third kappa shape index (κ3) is 43.6. The average Bonchev–Trinajstić information content (AvgIpc) is 3.24. The summed E-state index contributed by atoms with van der Waals surface area (Å²) in [4.78, 5) is 46.0. The molecule has 0 fully saturated rings. The van der Waals surface area contributed by atoms with E-state index in [-0.39, 0.29) is 12.8 Å². The maximum Gasteiger partial charge on any atom is 0.472 e. The number of unbranched alkanes of at least 4 members (excludes halogenated alkanes) is 20. The largest absolute Gasteiger partial charge is 0.480 e. The zero-order valence-electron chi connectivity index (χ0n) is 38.2. The van der Waals surface area contributed by atoms with Crippen LogP contribution >= 0.6 is 7.82 Å². The van der Waals surface area contributed by atoms with Gasteiger partial charge in [-0.05, 0) is 83.5 Å². The van der Waals surface area contributed by atoms with Crippen LogP contribution in [-0.2, 0) is 32.7 Å². The monoisotopic (exact) mass is 880 g/mol. The summed E-state index contributed by atoms with van der Waals surface area (Å²) in [6, 6.07) is -1.56. The smallest absolute Gasteiger partial charge is 0.472 e. The van der Waals surface area contributed by atoms with Gasteiger partial charge in [-0.1, -0.05) is 164 Å². The first kappa shape index (κ1) is 58.2. The van der Waals surface area contributed by atoms with Gasteiger partial charge in [-0.15, -0.1) is 0 Å². The highest BCUT2D eigenvalue weighted by Gasteiger charge is 2.28. The van der Waals surface area contributed by atoms with E-state index < -0.39 is 57.6 Å². The molecule has 61 heavy (non-hydrogen) atoms. The van der Waals surface area contributed by atoms with Crippen LogP contribution in [0, 0.1) is 0 Å². The van der Waals surface area contributed by atoms with Crippen LogP contribution in [0.5, 0.6) is 0 Å². The molecule has 12 heteroatoms. The number of hydrogen-bond acceptors (Lipinski definition) is 8. The van der Waals surface area contributed by atoms with E-state index >= 15 is 0 Å². The van der Waals surface area contributed by atoms with Gasteiger partial charge in [-0.2, -0.15) is 0 Å². The van der Waals surface area contributed by atoms with Gasteiger partial charge in [0, 0.05) is 12.8 Å². The van der Waals surface area contributed by atoms with Gasteiger partial charge in [0.05, 0.1) is 13.2 Å². The Balaban J connectivity index is 3.89. The Morgan fingerprint density at radius 3 is 1.38 bits per heavy atom. The summed E-state index contributed by atoms with van der Waals surface area (Å²) < 4.78 is 26.9. The van der Waals surface area contributed by atoms with Crippen LogP contribution in [0.25, 0.3) is 0 Å². The fraction of sp³-hybridized carbons (Fsp3) is 0.735. The Morgan fingerprint density at radius 1 is 0.525 bits per heavy atom. The number of carbonyl (C=O) groups excluding carboxylic acids is 2. The molecule has 0 spiro atoms. The summed E-state index contributed by atoms with van der Waals surface area (Å²) in [5.41, 5.74) is 0. The van der Waals surface area contributed by atoms with Crippen molar-refractivity contribution in [3.63, 3.8) is 0 Å². The molecule has 0 radical (unpaired) electrons. The van der Waals surface area contributed by atoms with Gasteiger partial charge in [0.15, 0.2) is 6.04 Å². The highest BCUT2D eigenvalue weighted by Crippen LogP contribution is 2.43. The van der Waals surface area contributed by atoms with Crippen molar-refractivity contribution in [1.29, 1.82) is 0 Å². The molecule has 1 amide bonds. The normalized spacial score (nSPS) is 14.2. The molecule has 0 aromatic rings. The van der Waals surface area contributed by atoms with Crippen molar-refractivity contribution in [2.45, 2.75) is 212 Å². The van der Waals surface area contributed by atoms with Gasteiger partial charge in [-0.25, -0.2) is 9.36 Å². The topological polar surface area (TPSA) is 169 Å². The van der Waals surface area contributed by atoms with Crippen molar-refractivity contribution in [2.75, 3.05) is 19.8 Å². The minimum atomic E-state index is -4.77. The quantitative estimate of drug-likeness (QED) is 0.0200. The molecule has 0 aromatic carbocycles. The second-order valence-electron chi connectivity index (χ2n) is 15.9. The van der Waals surface area contributed by atoms with E-state index in [9.17, 15) is 34.1 Å². The molecule has 352 valence electrons. The second kappa shape index (κ2) is 43.8. The number of rotatable bonds is 44. The molecule has 0 aliphatic carbocycles. The molecule has 0 aliphatic heterocycles. The molecule has 3 atom stereocenters. The number of hydrogen-bond donors (Lipinski definition) is 4. The third-order valence-corrected chi connectivity index (χ3v) is 11.0. The van der Waals surface area contributed by atoms with Gasteiger partial charge in [-0.3, -0.25) is 18.6 Å². The van der Waals surface area contributed by atoms with Gasteiger partial charge < -0.3 is 25.2 Å². The predicted molar refractivity (Wildman–Crippen MR) is 249 cm³/mol. The molecular formula is C49H86NO10P. The minimum absolute atomic E-state index is 0.127. The molecule has 3 unspecified atom stereocenters. The van der Waals surface area contributed by atoms with Gasteiger partial charge in [0.1, 0.15) is 12.7 Å². The molecule has 0 heterocycles. The Hall–Kier alpha value is -2.82. The molecule has 0 rings (SSSR count). The standard InChI is InChI=1S/C49H86NO10P/c1-3-5-7-9-11-13-15-17-19-21-22-23-24-25-27-29-31-33-35-37-39-41-48(53)58-42-45(51)43-59-61(56,57)60-44-46(49(54)55)50-47(52)40-38-36-34-32-30-28-26-20-18-16-14-12-10-8-6-4-2/h11,13-14,16-17,19-20,22-23,26,45-46,51H,3-10,12,15,18,21,24-25,27-44H2,1-2H3,(H,50,52)(H,54,55)(H,56,57)/b13-11-,16-14-,19-17-,23-22-,26-20-. The van der Waals surface area contributed by atoms with Gasteiger partial charge in [0.2, 0.25) is 5.91 Å². The van der Waals surface area contributed by atoms with E-state index in [0.717, 1.165) is 83.5 Å². The number of aliphatic hydroxyl groups excluding tert-OH is 1. The predicted octanol–water partition coefficient (Wildman–Crippen LogP) is 12.7. The van der Waals surface area contributed by atoms with E-state index in [1.54, 1.807) is 0 Å². The summed E-state index contributed by atoms with van der Waals surface area (Å²) in [7, 11) is -4.77. The highest BCUT2D eigenvalue weighted by molar-refractivity contribution is 7.47. The molecule has 0 saturated carbocycles. The van der Waals surface area contributed by atoms with Gasteiger partial charge >= 0.3 is 19.8 Å². The molecule has 0 aliphatic rings. The number of carbonyl (C=O) groups is 3. The zero-order chi connectivity index (χ0) is 44.9. The van der Waals surface area contributed by atoms with Crippen molar-refractivity contribution in [1.82, 2.24) is 5.32 Å². The molecule has 0 bridgehead atoms. The lowest BCUT2D eigenvalue weighted by Gasteiger charge is -2.18. The number of carboxylic acid groups (broad SMARTS) is 1. The molecular weight excluding hydrogens is 794 g/mol. The number of aliphatic carboxylic acids is 1. The summed E-state index contributed by atoms with van der Waals surface area (Å²) in [6.07, 6.45) is 50.9. The lowest BCUT2D eigenvalue weighted by molar-refractivity contribution is -0.147. The van der Waals surface area contributed by atoms with E-state index in [1.165, 1.54) is 77.0 Å². The minimum Gasteiger partial charge on any atom is -0.480 e. The van der Waals surface area contributed by atoms with Crippen LogP contribution in [0.15, 0.2) is 60.8 Å². The third-order valence-electron chi connectivity index (χ3n) is 10.0. The van der Waals surface area contributed by atoms with Gasteiger partial charge in [0.25, 0.3) is 0 Å². The van der Waals surface area contributed by atoms with Crippen LogP contribution in [0.1, 0.15) is 200 Å². The van der Waals surface area contributed by atoms with E-state index in [2.05, 4.69) is 79.9 Å². The van der Waals surface area contributed by atoms with E-state index in [4.69, 9.17) is 13.8 Å².